The SMILES string of the molecule is CCC(NCCS(C)(=O)=O)c1cc(Br)ccc1O. The third-order valence-corrected chi connectivity index (χ3v) is 4.08. The van der Waals surface area contributed by atoms with Crippen LogP contribution in [0.3, 0.4) is 0 Å². The van der Waals surface area contributed by atoms with E-state index in [0.717, 1.165) is 16.5 Å². The summed E-state index contributed by atoms with van der Waals surface area (Å²) in [6, 6.07) is 5.18. The fourth-order valence-electron chi connectivity index (χ4n) is 1.70. The third-order valence-electron chi connectivity index (χ3n) is 2.64. The van der Waals surface area contributed by atoms with Gasteiger partial charge >= 0.3 is 0 Å². The number of benzene rings is 1. The van der Waals surface area contributed by atoms with Gasteiger partial charge < -0.3 is 10.4 Å². The van der Waals surface area contributed by atoms with E-state index in [1.807, 2.05) is 13.0 Å². The molecule has 102 valence electrons. The van der Waals surface area contributed by atoms with Crippen molar-refractivity contribution >= 4 is 25.8 Å². The summed E-state index contributed by atoms with van der Waals surface area (Å²) in [6.45, 7) is 2.36. The molecule has 1 aromatic carbocycles. The molecule has 0 aromatic heterocycles. The van der Waals surface area contributed by atoms with Gasteiger partial charge in [-0.05, 0) is 24.6 Å². The quantitative estimate of drug-likeness (QED) is 0.836. The molecule has 18 heavy (non-hydrogen) atoms. The first kappa shape index (κ1) is 15.5. The molecule has 0 amide bonds. The highest BCUT2D eigenvalue weighted by molar-refractivity contribution is 9.10. The van der Waals surface area contributed by atoms with Crippen LogP contribution in [0.2, 0.25) is 0 Å². The van der Waals surface area contributed by atoms with E-state index in [-0.39, 0.29) is 17.5 Å². The Morgan fingerprint density at radius 1 is 1.44 bits per heavy atom. The van der Waals surface area contributed by atoms with Gasteiger partial charge in [-0.25, -0.2) is 8.42 Å². The Bertz CT molecular complexity index is 502. The Kier molecular flexibility index (Phi) is 5.62. The van der Waals surface area contributed by atoms with E-state index in [1.165, 1.54) is 6.26 Å². The number of sulfone groups is 1. The second-order valence-electron chi connectivity index (χ2n) is 4.25. The molecule has 0 radical (unpaired) electrons. The minimum Gasteiger partial charge on any atom is -0.508 e. The average Bonchev–Trinajstić information content (AvgIpc) is 2.27. The molecule has 1 unspecified atom stereocenters. The maximum absolute atomic E-state index is 11.1. The first-order valence-electron chi connectivity index (χ1n) is 5.73. The number of hydrogen-bond acceptors (Lipinski definition) is 4. The summed E-state index contributed by atoms with van der Waals surface area (Å²) in [5.74, 6) is 0.315. The molecule has 1 atom stereocenters. The van der Waals surface area contributed by atoms with E-state index >= 15 is 0 Å². The van der Waals surface area contributed by atoms with Crippen molar-refractivity contribution in [3.05, 3.63) is 28.2 Å². The average molecular weight is 336 g/mol. The van der Waals surface area contributed by atoms with E-state index in [0.29, 0.717) is 6.54 Å². The molecule has 0 aliphatic rings. The zero-order valence-corrected chi connectivity index (χ0v) is 12.9. The number of aromatic hydroxyl groups is 1. The van der Waals surface area contributed by atoms with E-state index in [9.17, 15) is 13.5 Å². The molecule has 0 saturated carbocycles. The van der Waals surface area contributed by atoms with Crippen molar-refractivity contribution in [2.24, 2.45) is 0 Å². The van der Waals surface area contributed by atoms with Crippen molar-refractivity contribution in [2.45, 2.75) is 19.4 Å². The van der Waals surface area contributed by atoms with Crippen molar-refractivity contribution < 1.29 is 13.5 Å². The predicted octanol–water partition coefficient (Wildman–Crippen LogP) is 2.24. The predicted molar refractivity (Wildman–Crippen MR) is 76.6 cm³/mol. The smallest absolute Gasteiger partial charge is 0.148 e. The second kappa shape index (κ2) is 6.54. The number of phenolic OH excluding ortho intramolecular Hbond substituents is 1. The molecule has 0 aliphatic heterocycles. The van der Waals surface area contributed by atoms with Crippen LogP contribution in [0.4, 0.5) is 0 Å². The summed E-state index contributed by atoms with van der Waals surface area (Å²) in [7, 11) is -2.96. The maximum atomic E-state index is 11.1. The van der Waals surface area contributed by atoms with Gasteiger partial charge in [0, 0.05) is 28.9 Å². The summed E-state index contributed by atoms with van der Waals surface area (Å²) in [4.78, 5) is 0. The standard InChI is InChI=1S/C12H18BrNO3S/c1-3-11(14-6-7-18(2,16)17)10-8-9(13)4-5-12(10)15/h4-5,8,11,14-15H,3,6-7H2,1-2H3. The zero-order chi connectivity index (χ0) is 13.8. The highest BCUT2D eigenvalue weighted by Gasteiger charge is 2.14. The van der Waals surface area contributed by atoms with Crippen LogP contribution in [0.15, 0.2) is 22.7 Å². The lowest BCUT2D eigenvalue weighted by molar-refractivity contribution is 0.444. The Hall–Kier alpha value is -0.590. The largest absolute Gasteiger partial charge is 0.508 e. The fourth-order valence-corrected chi connectivity index (χ4v) is 2.56. The molecule has 0 fully saturated rings. The number of hydrogen-bond donors (Lipinski definition) is 2. The Morgan fingerprint density at radius 2 is 2.11 bits per heavy atom. The number of nitrogens with one attached hydrogen (secondary N) is 1. The normalized spacial score (nSPS) is 13.5. The summed E-state index contributed by atoms with van der Waals surface area (Å²) in [5, 5.41) is 13.0. The summed E-state index contributed by atoms with van der Waals surface area (Å²) in [6.07, 6.45) is 1.99. The first-order valence-corrected chi connectivity index (χ1v) is 8.58. The van der Waals surface area contributed by atoms with E-state index in [2.05, 4.69) is 21.2 Å². The van der Waals surface area contributed by atoms with Crippen LogP contribution < -0.4 is 5.32 Å². The van der Waals surface area contributed by atoms with Gasteiger partial charge in [-0.2, -0.15) is 0 Å². The number of halogens is 1. The van der Waals surface area contributed by atoms with Gasteiger partial charge in [0.05, 0.1) is 5.75 Å². The highest BCUT2D eigenvalue weighted by Crippen LogP contribution is 2.29. The van der Waals surface area contributed by atoms with Crippen LogP contribution in [0.5, 0.6) is 5.75 Å². The summed E-state index contributed by atoms with van der Waals surface area (Å²) >= 11 is 3.36. The van der Waals surface area contributed by atoms with Crippen molar-refractivity contribution in [3.63, 3.8) is 0 Å². The lowest BCUT2D eigenvalue weighted by Gasteiger charge is -2.18. The lowest BCUT2D eigenvalue weighted by atomic mass is 10.0. The first-order chi connectivity index (χ1) is 8.33. The summed E-state index contributed by atoms with van der Waals surface area (Å²) < 4.78 is 23.0. The Balaban J connectivity index is 2.74. The monoisotopic (exact) mass is 335 g/mol. The minimum absolute atomic E-state index is 0.0516. The van der Waals surface area contributed by atoms with Crippen molar-refractivity contribution in [3.8, 4) is 5.75 Å². The van der Waals surface area contributed by atoms with Gasteiger partial charge in [-0.3, -0.25) is 0 Å². The molecule has 0 spiro atoms. The van der Waals surface area contributed by atoms with E-state index in [1.54, 1.807) is 12.1 Å². The van der Waals surface area contributed by atoms with Crippen LogP contribution in [-0.2, 0) is 9.84 Å². The van der Waals surface area contributed by atoms with Crippen molar-refractivity contribution in [1.82, 2.24) is 5.32 Å². The van der Waals surface area contributed by atoms with Gasteiger partial charge in [-0.15, -0.1) is 0 Å². The fraction of sp³-hybridized carbons (Fsp3) is 0.500. The molecule has 0 saturated heterocycles. The zero-order valence-electron chi connectivity index (χ0n) is 10.5. The Morgan fingerprint density at radius 3 is 2.67 bits per heavy atom. The molecule has 6 heteroatoms. The number of phenols is 1. The molecule has 4 nitrogen and oxygen atoms in total. The van der Waals surface area contributed by atoms with Crippen LogP contribution in [-0.4, -0.2) is 32.1 Å². The molecular weight excluding hydrogens is 318 g/mol. The highest BCUT2D eigenvalue weighted by atomic mass is 79.9. The van der Waals surface area contributed by atoms with Crippen molar-refractivity contribution in [1.29, 1.82) is 0 Å². The van der Waals surface area contributed by atoms with Crippen LogP contribution in [0.25, 0.3) is 0 Å². The van der Waals surface area contributed by atoms with Crippen molar-refractivity contribution in [2.75, 3.05) is 18.6 Å². The van der Waals surface area contributed by atoms with E-state index < -0.39 is 9.84 Å². The molecule has 1 rings (SSSR count). The molecule has 1 aromatic rings. The van der Waals surface area contributed by atoms with Gasteiger partial charge in [0.2, 0.25) is 0 Å². The van der Waals surface area contributed by atoms with Crippen LogP contribution >= 0.6 is 15.9 Å². The van der Waals surface area contributed by atoms with Crippen LogP contribution in [0.1, 0.15) is 24.9 Å². The van der Waals surface area contributed by atoms with Crippen LogP contribution in [0, 0.1) is 0 Å². The molecule has 0 bridgehead atoms. The molecular formula is C12H18BrNO3S. The topological polar surface area (TPSA) is 66.4 Å². The molecule has 0 aliphatic carbocycles. The second-order valence-corrected chi connectivity index (χ2v) is 7.42. The number of rotatable bonds is 6. The lowest BCUT2D eigenvalue weighted by Crippen LogP contribution is -2.26. The van der Waals surface area contributed by atoms with Gasteiger partial charge in [0.15, 0.2) is 0 Å². The molecule has 2 N–H and O–H groups in total. The minimum atomic E-state index is -2.96. The third kappa shape index (κ3) is 4.96. The van der Waals surface area contributed by atoms with Gasteiger partial charge in [-0.1, -0.05) is 22.9 Å². The van der Waals surface area contributed by atoms with Gasteiger partial charge in [0.1, 0.15) is 15.6 Å². The maximum Gasteiger partial charge on any atom is 0.148 e. The summed E-state index contributed by atoms with van der Waals surface area (Å²) in [5.41, 5.74) is 0.778. The van der Waals surface area contributed by atoms with E-state index in [4.69, 9.17) is 0 Å². The van der Waals surface area contributed by atoms with Gasteiger partial charge in [0.25, 0.3) is 0 Å². The Labute approximate surface area is 116 Å². The molecule has 0 heterocycles.